The lowest BCUT2D eigenvalue weighted by Gasteiger charge is -1.86. The summed E-state index contributed by atoms with van der Waals surface area (Å²) in [5.74, 6) is -2.42. The van der Waals surface area contributed by atoms with Gasteiger partial charge in [0.2, 0.25) is 0 Å². The highest BCUT2D eigenvalue weighted by atomic mass is 32.1. The number of hydrogen-bond donors (Lipinski definition) is 2. The summed E-state index contributed by atoms with van der Waals surface area (Å²) in [6, 6.07) is 1.15. The van der Waals surface area contributed by atoms with Crippen molar-refractivity contribution in [3.05, 3.63) is 15.8 Å². The predicted molar refractivity (Wildman–Crippen MR) is 52.9 cm³/mol. The van der Waals surface area contributed by atoms with Crippen molar-refractivity contribution in [2.45, 2.75) is 0 Å². The number of carbonyl (C=O) groups is 2. The van der Waals surface area contributed by atoms with Crippen molar-refractivity contribution in [2.24, 2.45) is 4.99 Å². The van der Waals surface area contributed by atoms with Gasteiger partial charge in [0.25, 0.3) is 0 Å². The van der Waals surface area contributed by atoms with Gasteiger partial charge in [-0.1, -0.05) is 0 Å². The Balaban J connectivity index is 3.32. The number of isothiocyanates is 1. The minimum absolute atomic E-state index is 0.0231. The summed E-state index contributed by atoms with van der Waals surface area (Å²) in [6.45, 7) is 0. The van der Waals surface area contributed by atoms with Gasteiger partial charge in [-0.05, 0) is 18.3 Å². The van der Waals surface area contributed by atoms with Crippen LogP contribution < -0.4 is 0 Å². The molecule has 0 aliphatic carbocycles. The first-order valence-corrected chi connectivity index (χ1v) is 4.47. The number of thiophene rings is 1. The molecule has 0 amide bonds. The first-order chi connectivity index (χ1) is 6.56. The van der Waals surface area contributed by atoms with Crippen molar-refractivity contribution >= 4 is 46.3 Å². The Labute approximate surface area is 87.3 Å². The summed E-state index contributed by atoms with van der Waals surface area (Å²) in [6.07, 6.45) is 0. The molecule has 1 rings (SSSR count). The minimum atomic E-state index is -1.23. The largest absolute Gasteiger partial charge is 0.477 e. The SMILES string of the molecule is O=C(O)c1cc(N=C=S)c(C(=O)O)s1. The quantitative estimate of drug-likeness (QED) is 0.610. The van der Waals surface area contributed by atoms with E-state index in [-0.39, 0.29) is 15.4 Å². The van der Waals surface area contributed by atoms with E-state index >= 15 is 0 Å². The number of carboxylic acid groups (broad SMARTS) is 2. The lowest BCUT2D eigenvalue weighted by Crippen LogP contribution is -1.92. The van der Waals surface area contributed by atoms with E-state index in [4.69, 9.17) is 10.2 Å². The fourth-order valence-electron chi connectivity index (χ4n) is 0.772. The van der Waals surface area contributed by atoms with Gasteiger partial charge in [0.15, 0.2) is 0 Å². The van der Waals surface area contributed by atoms with Gasteiger partial charge in [0.05, 0.1) is 5.16 Å². The molecule has 1 aromatic heterocycles. The van der Waals surface area contributed by atoms with E-state index in [1.54, 1.807) is 0 Å². The van der Waals surface area contributed by atoms with Crippen LogP contribution in [0.15, 0.2) is 11.1 Å². The van der Waals surface area contributed by atoms with Crippen molar-refractivity contribution in [3.8, 4) is 0 Å². The molecule has 14 heavy (non-hydrogen) atoms. The Bertz CT molecular complexity index is 425. The monoisotopic (exact) mass is 229 g/mol. The molecule has 5 nitrogen and oxygen atoms in total. The minimum Gasteiger partial charge on any atom is -0.477 e. The summed E-state index contributed by atoms with van der Waals surface area (Å²) in [7, 11) is 0. The molecule has 7 heteroatoms. The molecule has 0 saturated carbocycles. The van der Waals surface area contributed by atoms with Crippen LogP contribution in [0.4, 0.5) is 5.69 Å². The summed E-state index contributed by atoms with van der Waals surface area (Å²) < 4.78 is 0. The number of aliphatic imine (C=N–C) groups is 1. The highest BCUT2D eigenvalue weighted by molar-refractivity contribution is 7.78. The number of nitrogens with zero attached hydrogens (tertiary/aromatic N) is 1. The van der Waals surface area contributed by atoms with Gasteiger partial charge < -0.3 is 10.2 Å². The standard InChI is InChI=1S/C7H3NO4S2/c9-6(10)4-1-3(8-2-13)5(14-4)7(11)12/h1H,(H,9,10)(H,11,12). The molecule has 0 saturated heterocycles. The van der Waals surface area contributed by atoms with Gasteiger partial charge in [0.1, 0.15) is 15.4 Å². The van der Waals surface area contributed by atoms with E-state index in [0.29, 0.717) is 11.3 Å². The van der Waals surface area contributed by atoms with Gasteiger partial charge in [-0.25, -0.2) is 9.59 Å². The van der Waals surface area contributed by atoms with E-state index in [2.05, 4.69) is 17.2 Å². The van der Waals surface area contributed by atoms with Crippen molar-refractivity contribution in [3.63, 3.8) is 0 Å². The lowest BCUT2D eigenvalue weighted by molar-refractivity contribution is 0.0693. The van der Waals surface area contributed by atoms with Crippen LogP contribution in [-0.4, -0.2) is 27.3 Å². The zero-order valence-corrected chi connectivity index (χ0v) is 8.18. The van der Waals surface area contributed by atoms with E-state index in [1.807, 2.05) is 5.16 Å². The average Bonchev–Trinajstić information content (AvgIpc) is 2.49. The zero-order chi connectivity index (χ0) is 10.7. The third-order valence-corrected chi connectivity index (χ3v) is 2.48. The number of rotatable bonds is 3. The number of aromatic carboxylic acids is 2. The number of carboxylic acids is 2. The maximum absolute atomic E-state index is 10.6. The molecule has 72 valence electrons. The molecule has 0 aliphatic rings. The molecule has 0 bridgehead atoms. The highest BCUT2D eigenvalue weighted by Gasteiger charge is 2.18. The third kappa shape index (κ3) is 2.02. The second-order valence-electron chi connectivity index (χ2n) is 2.14. The Kier molecular flexibility index (Phi) is 3.08. The maximum atomic E-state index is 10.6. The Morgan fingerprint density at radius 3 is 2.50 bits per heavy atom. The van der Waals surface area contributed by atoms with Crippen LogP contribution in [0.1, 0.15) is 19.3 Å². The van der Waals surface area contributed by atoms with Crippen LogP contribution in [0.3, 0.4) is 0 Å². The number of hydrogen-bond acceptors (Lipinski definition) is 5. The molecule has 0 unspecified atom stereocenters. The summed E-state index contributed by atoms with van der Waals surface area (Å²) in [5.41, 5.74) is 0.0231. The second kappa shape index (κ2) is 4.10. The Morgan fingerprint density at radius 2 is 2.07 bits per heavy atom. The van der Waals surface area contributed by atoms with Crippen LogP contribution in [0.2, 0.25) is 0 Å². The molecule has 0 radical (unpaired) electrons. The molecular weight excluding hydrogens is 226 g/mol. The maximum Gasteiger partial charge on any atom is 0.348 e. The highest BCUT2D eigenvalue weighted by Crippen LogP contribution is 2.29. The lowest BCUT2D eigenvalue weighted by atomic mass is 10.3. The van der Waals surface area contributed by atoms with E-state index in [1.165, 1.54) is 0 Å². The molecule has 0 fully saturated rings. The summed E-state index contributed by atoms with van der Waals surface area (Å²) in [5, 5.41) is 19.3. The molecule has 1 aromatic rings. The average molecular weight is 229 g/mol. The topological polar surface area (TPSA) is 87.0 Å². The number of thiocarbonyl (C=S) groups is 1. The molecule has 0 spiro atoms. The summed E-state index contributed by atoms with van der Waals surface area (Å²) in [4.78, 5) is 24.4. The molecular formula is C7H3NO4S2. The summed E-state index contributed by atoms with van der Waals surface area (Å²) >= 11 is 4.94. The van der Waals surface area contributed by atoms with Crippen molar-refractivity contribution in [1.29, 1.82) is 0 Å². The van der Waals surface area contributed by atoms with Crippen LogP contribution in [0.25, 0.3) is 0 Å². The van der Waals surface area contributed by atoms with Gasteiger partial charge in [0, 0.05) is 0 Å². The van der Waals surface area contributed by atoms with Crippen LogP contribution in [-0.2, 0) is 0 Å². The Morgan fingerprint density at radius 1 is 1.43 bits per heavy atom. The van der Waals surface area contributed by atoms with Gasteiger partial charge in [-0.3, -0.25) is 0 Å². The fourth-order valence-corrected chi connectivity index (χ4v) is 1.64. The van der Waals surface area contributed by atoms with Crippen molar-refractivity contribution in [1.82, 2.24) is 0 Å². The van der Waals surface area contributed by atoms with Crippen LogP contribution >= 0.6 is 23.6 Å². The third-order valence-electron chi connectivity index (χ3n) is 1.28. The van der Waals surface area contributed by atoms with E-state index in [9.17, 15) is 9.59 Å². The van der Waals surface area contributed by atoms with Crippen LogP contribution in [0.5, 0.6) is 0 Å². The second-order valence-corrected chi connectivity index (χ2v) is 3.37. The first-order valence-electron chi connectivity index (χ1n) is 3.24. The van der Waals surface area contributed by atoms with Gasteiger partial charge in [-0.15, -0.1) is 11.3 Å². The molecule has 1 heterocycles. The Hall–Kier alpha value is -1.56. The van der Waals surface area contributed by atoms with E-state index in [0.717, 1.165) is 6.07 Å². The molecule has 0 aromatic carbocycles. The van der Waals surface area contributed by atoms with E-state index < -0.39 is 11.9 Å². The normalized spacial score (nSPS) is 9.14. The molecule has 2 N–H and O–H groups in total. The predicted octanol–water partition coefficient (Wildman–Crippen LogP) is 1.88. The zero-order valence-electron chi connectivity index (χ0n) is 6.55. The van der Waals surface area contributed by atoms with Gasteiger partial charge >= 0.3 is 11.9 Å². The first kappa shape index (κ1) is 10.5. The fraction of sp³-hybridized carbons (Fsp3) is 0. The van der Waals surface area contributed by atoms with Crippen molar-refractivity contribution in [2.75, 3.05) is 0 Å². The van der Waals surface area contributed by atoms with Crippen molar-refractivity contribution < 1.29 is 19.8 Å². The van der Waals surface area contributed by atoms with Gasteiger partial charge in [-0.2, -0.15) is 4.99 Å². The smallest absolute Gasteiger partial charge is 0.348 e. The molecule has 0 aliphatic heterocycles. The molecule has 0 atom stereocenters. The van der Waals surface area contributed by atoms with Crippen LogP contribution in [0, 0.1) is 0 Å².